The van der Waals surface area contributed by atoms with E-state index < -0.39 is 0 Å². The van der Waals surface area contributed by atoms with Crippen molar-refractivity contribution in [1.82, 2.24) is 4.98 Å². The van der Waals surface area contributed by atoms with Crippen LogP contribution in [-0.4, -0.2) is 16.2 Å². The number of nitrogens with zero attached hydrogens (tertiary/aromatic N) is 1. The molecule has 1 aliphatic rings. The molecular formula is C14H21NO. The van der Waals surface area contributed by atoms with Gasteiger partial charge in [-0.15, -0.1) is 0 Å². The maximum absolute atomic E-state index is 9.95. The summed E-state index contributed by atoms with van der Waals surface area (Å²) in [6, 6.07) is 4.14. The Hall–Kier alpha value is -0.890. The Balaban J connectivity index is 1.85. The Labute approximate surface area is 97.7 Å². The van der Waals surface area contributed by atoms with Gasteiger partial charge in [0.25, 0.3) is 0 Å². The molecule has 0 amide bonds. The summed E-state index contributed by atoms with van der Waals surface area (Å²) >= 11 is 0. The van der Waals surface area contributed by atoms with Gasteiger partial charge in [-0.3, -0.25) is 4.98 Å². The van der Waals surface area contributed by atoms with Crippen LogP contribution in [0.2, 0.25) is 0 Å². The maximum atomic E-state index is 9.95. The topological polar surface area (TPSA) is 33.1 Å². The fraction of sp³-hybridized carbons (Fsp3) is 0.643. The molecule has 2 nitrogen and oxygen atoms in total. The molecule has 88 valence electrons. The van der Waals surface area contributed by atoms with E-state index in [0.717, 1.165) is 25.2 Å². The van der Waals surface area contributed by atoms with E-state index in [0.29, 0.717) is 5.92 Å². The highest BCUT2D eigenvalue weighted by Crippen LogP contribution is 2.31. The van der Waals surface area contributed by atoms with E-state index in [4.69, 9.17) is 0 Å². The average Bonchev–Trinajstić information content (AvgIpc) is 2.32. The minimum absolute atomic E-state index is 0.0713. The molecule has 1 heterocycles. The molecule has 0 bridgehead atoms. The van der Waals surface area contributed by atoms with Gasteiger partial charge in [-0.25, -0.2) is 0 Å². The van der Waals surface area contributed by atoms with Gasteiger partial charge in [0.1, 0.15) is 0 Å². The van der Waals surface area contributed by atoms with Crippen molar-refractivity contribution in [2.45, 2.75) is 45.1 Å². The summed E-state index contributed by atoms with van der Waals surface area (Å²) in [5.41, 5.74) is 1.33. The monoisotopic (exact) mass is 219 g/mol. The Morgan fingerprint density at radius 1 is 1.31 bits per heavy atom. The fourth-order valence-electron chi connectivity index (χ4n) is 2.69. The quantitative estimate of drug-likeness (QED) is 0.848. The minimum Gasteiger partial charge on any atom is -0.393 e. The summed E-state index contributed by atoms with van der Waals surface area (Å²) in [5.74, 6) is 1.28. The summed E-state index contributed by atoms with van der Waals surface area (Å²) in [4.78, 5) is 4.02. The summed E-state index contributed by atoms with van der Waals surface area (Å²) < 4.78 is 0. The molecular weight excluding hydrogens is 198 g/mol. The van der Waals surface area contributed by atoms with Gasteiger partial charge < -0.3 is 5.11 Å². The molecule has 0 saturated heterocycles. The van der Waals surface area contributed by atoms with Crippen molar-refractivity contribution in [3.63, 3.8) is 0 Å². The number of hydrogen-bond donors (Lipinski definition) is 1. The van der Waals surface area contributed by atoms with E-state index in [1.807, 2.05) is 12.4 Å². The highest BCUT2D eigenvalue weighted by molar-refractivity contribution is 5.09. The van der Waals surface area contributed by atoms with Gasteiger partial charge >= 0.3 is 0 Å². The number of aliphatic hydroxyl groups excluding tert-OH is 1. The van der Waals surface area contributed by atoms with Crippen molar-refractivity contribution in [1.29, 1.82) is 0 Å². The number of aliphatic hydroxyl groups is 1. The van der Waals surface area contributed by atoms with E-state index in [1.165, 1.54) is 18.4 Å². The third kappa shape index (κ3) is 3.05. The molecule has 0 aromatic carbocycles. The normalized spacial score (nSPS) is 30.2. The lowest BCUT2D eigenvalue weighted by Crippen LogP contribution is -2.28. The number of pyridine rings is 1. The van der Waals surface area contributed by atoms with Crippen LogP contribution in [0.15, 0.2) is 24.5 Å². The largest absolute Gasteiger partial charge is 0.393 e. The highest BCUT2D eigenvalue weighted by Gasteiger charge is 2.26. The first kappa shape index (κ1) is 11.6. The molecule has 0 spiro atoms. The maximum Gasteiger partial charge on any atom is 0.0568 e. The molecule has 1 saturated carbocycles. The molecule has 3 atom stereocenters. The lowest BCUT2D eigenvalue weighted by atomic mass is 9.78. The first-order chi connectivity index (χ1) is 7.75. The predicted molar refractivity (Wildman–Crippen MR) is 65.1 cm³/mol. The summed E-state index contributed by atoms with van der Waals surface area (Å²) in [6.45, 7) is 2.30. The zero-order valence-corrected chi connectivity index (χ0v) is 9.97. The van der Waals surface area contributed by atoms with Crippen molar-refractivity contribution >= 4 is 0 Å². The van der Waals surface area contributed by atoms with E-state index in [2.05, 4.69) is 24.0 Å². The Bertz CT molecular complexity index is 312. The van der Waals surface area contributed by atoms with Crippen LogP contribution in [0.1, 0.15) is 38.2 Å². The van der Waals surface area contributed by atoms with Gasteiger partial charge in [0, 0.05) is 12.4 Å². The zero-order valence-electron chi connectivity index (χ0n) is 9.97. The molecule has 0 radical (unpaired) electrons. The second-order valence-electron chi connectivity index (χ2n) is 5.14. The van der Waals surface area contributed by atoms with E-state index >= 15 is 0 Å². The highest BCUT2D eigenvalue weighted by atomic mass is 16.3. The van der Waals surface area contributed by atoms with Gasteiger partial charge in [-0.2, -0.15) is 0 Å². The third-order valence-electron chi connectivity index (χ3n) is 3.76. The van der Waals surface area contributed by atoms with Crippen LogP contribution in [0.5, 0.6) is 0 Å². The molecule has 2 heteroatoms. The van der Waals surface area contributed by atoms with E-state index in [1.54, 1.807) is 0 Å². The van der Waals surface area contributed by atoms with Crippen LogP contribution in [-0.2, 0) is 6.42 Å². The molecule has 1 aromatic rings. The van der Waals surface area contributed by atoms with Crippen LogP contribution in [0.25, 0.3) is 0 Å². The lowest BCUT2D eigenvalue weighted by Gasteiger charge is -2.31. The standard InChI is InChI=1S/C14H21NO/c1-11-2-5-14(16)13(10-11)4-3-12-6-8-15-9-7-12/h6-9,11,13-14,16H,2-5,10H2,1H3. The average molecular weight is 219 g/mol. The number of hydrogen-bond acceptors (Lipinski definition) is 2. The first-order valence-electron chi connectivity index (χ1n) is 6.32. The van der Waals surface area contributed by atoms with Crippen molar-refractivity contribution in [3.8, 4) is 0 Å². The van der Waals surface area contributed by atoms with Crippen molar-refractivity contribution in [2.75, 3.05) is 0 Å². The van der Waals surface area contributed by atoms with Gasteiger partial charge in [0.05, 0.1) is 6.10 Å². The Kier molecular flexibility index (Phi) is 3.94. The second-order valence-corrected chi connectivity index (χ2v) is 5.14. The van der Waals surface area contributed by atoms with Crippen molar-refractivity contribution < 1.29 is 5.11 Å². The van der Waals surface area contributed by atoms with E-state index in [-0.39, 0.29) is 6.10 Å². The third-order valence-corrected chi connectivity index (χ3v) is 3.76. The van der Waals surface area contributed by atoms with Gasteiger partial charge in [0.2, 0.25) is 0 Å². The van der Waals surface area contributed by atoms with Crippen molar-refractivity contribution in [2.24, 2.45) is 11.8 Å². The fourth-order valence-corrected chi connectivity index (χ4v) is 2.69. The van der Waals surface area contributed by atoms with E-state index in [9.17, 15) is 5.11 Å². The number of aromatic nitrogens is 1. The number of aryl methyl sites for hydroxylation is 1. The first-order valence-corrected chi connectivity index (χ1v) is 6.32. The molecule has 16 heavy (non-hydrogen) atoms. The Morgan fingerprint density at radius 3 is 2.81 bits per heavy atom. The molecule has 1 N–H and O–H groups in total. The molecule has 2 rings (SSSR count). The smallest absolute Gasteiger partial charge is 0.0568 e. The van der Waals surface area contributed by atoms with Crippen LogP contribution in [0.4, 0.5) is 0 Å². The predicted octanol–water partition coefficient (Wildman–Crippen LogP) is 2.81. The molecule has 1 fully saturated rings. The summed E-state index contributed by atoms with van der Waals surface area (Å²) in [7, 11) is 0. The van der Waals surface area contributed by atoms with Gasteiger partial charge in [-0.1, -0.05) is 6.92 Å². The van der Waals surface area contributed by atoms with Gasteiger partial charge in [0.15, 0.2) is 0 Å². The SMILES string of the molecule is CC1CCC(O)C(CCc2ccncc2)C1. The zero-order chi connectivity index (χ0) is 11.4. The summed E-state index contributed by atoms with van der Waals surface area (Å²) in [6.07, 6.45) is 9.15. The van der Waals surface area contributed by atoms with Gasteiger partial charge in [-0.05, 0) is 61.6 Å². The molecule has 0 aliphatic heterocycles. The number of rotatable bonds is 3. The minimum atomic E-state index is -0.0713. The summed E-state index contributed by atoms with van der Waals surface area (Å²) in [5, 5.41) is 9.95. The molecule has 3 unspecified atom stereocenters. The lowest BCUT2D eigenvalue weighted by molar-refractivity contribution is 0.0476. The van der Waals surface area contributed by atoms with Crippen molar-refractivity contribution in [3.05, 3.63) is 30.1 Å². The van der Waals surface area contributed by atoms with Crippen LogP contribution < -0.4 is 0 Å². The van der Waals surface area contributed by atoms with Crippen LogP contribution in [0, 0.1) is 11.8 Å². The molecule has 1 aliphatic carbocycles. The van der Waals surface area contributed by atoms with Crippen LogP contribution in [0.3, 0.4) is 0 Å². The van der Waals surface area contributed by atoms with Crippen LogP contribution >= 0.6 is 0 Å². The molecule has 1 aromatic heterocycles. The Morgan fingerprint density at radius 2 is 2.06 bits per heavy atom. The second kappa shape index (κ2) is 5.44.